The molecule has 0 spiro atoms. The number of rotatable bonds is 5. The molecule has 0 bridgehead atoms. The van der Waals surface area contributed by atoms with Gasteiger partial charge in [0.15, 0.2) is 11.5 Å². The standard InChI is InChI=1S/C15H23NO3/c1-2-8-19-13-4-3-7-16(11-13)10-12-5-6-14(17)15(18)9-12/h5-6,9,13,17-18H,2-4,7-8,10-11H2,1H3/t13-/m0/s1. The van der Waals surface area contributed by atoms with Gasteiger partial charge in [0.05, 0.1) is 6.10 Å². The van der Waals surface area contributed by atoms with Crippen molar-refractivity contribution in [3.05, 3.63) is 23.8 Å². The third kappa shape index (κ3) is 4.11. The second-order valence-corrected chi connectivity index (χ2v) is 5.19. The molecule has 0 amide bonds. The Morgan fingerprint density at radius 3 is 2.89 bits per heavy atom. The molecular formula is C15H23NO3. The molecule has 0 aliphatic carbocycles. The van der Waals surface area contributed by atoms with Crippen molar-refractivity contribution in [1.82, 2.24) is 4.90 Å². The minimum Gasteiger partial charge on any atom is -0.504 e. The maximum absolute atomic E-state index is 9.50. The lowest BCUT2D eigenvalue weighted by Gasteiger charge is -2.32. The first-order valence-corrected chi connectivity index (χ1v) is 7.04. The summed E-state index contributed by atoms with van der Waals surface area (Å²) in [7, 11) is 0. The first-order chi connectivity index (χ1) is 9.19. The molecule has 1 aromatic rings. The Hall–Kier alpha value is -1.26. The van der Waals surface area contributed by atoms with Crippen LogP contribution in [0.2, 0.25) is 0 Å². The summed E-state index contributed by atoms with van der Waals surface area (Å²) in [6.45, 7) is 5.76. The molecule has 1 atom stereocenters. The van der Waals surface area contributed by atoms with Gasteiger partial charge in [0, 0.05) is 19.7 Å². The van der Waals surface area contributed by atoms with E-state index in [4.69, 9.17) is 4.74 Å². The molecule has 4 heteroatoms. The summed E-state index contributed by atoms with van der Waals surface area (Å²) in [5.41, 5.74) is 1.02. The zero-order chi connectivity index (χ0) is 13.7. The van der Waals surface area contributed by atoms with E-state index in [1.54, 1.807) is 12.1 Å². The zero-order valence-corrected chi connectivity index (χ0v) is 11.5. The summed E-state index contributed by atoms with van der Waals surface area (Å²) in [5, 5.41) is 18.8. The smallest absolute Gasteiger partial charge is 0.157 e. The normalized spacial score (nSPS) is 20.6. The van der Waals surface area contributed by atoms with Gasteiger partial charge in [-0.15, -0.1) is 0 Å². The zero-order valence-electron chi connectivity index (χ0n) is 11.5. The second kappa shape index (κ2) is 6.78. The number of hydrogen-bond acceptors (Lipinski definition) is 4. The van der Waals surface area contributed by atoms with Gasteiger partial charge in [0.25, 0.3) is 0 Å². The number of nitrogens with zero attached hydrogens (tertiary/aromatic N) is 1. The molecule has 1 aromatic carbocycles. The van der Waals surface area contributed by atoms with Crippen LogP contribution in [0.25, 0.3) is 0 Å². The number of aromatic hydroxyl groups is 2. The number of phenolic OH excluding ortho intramolecular Hbond substituents is 2. The number of benzene rings is 1. The Labute approximate surface area is 114 Å². The lowest BCUT2D eigenvalue weighted by atomic mass is 10.1. The van der Waals surface area contributed by atoms with Crippen molar-refractivity contribution in [2.75, 3.05) is 19.7 Å². The first-order valence-electron chi connectivity index (χ1n) is 7.04. The molecule has 0 saturated carbocycles. The van der Waals surface area contributed by atoms with Crippen LogP contribution in [0.15, 0.2) is 18.2 Å². The molecule has 1 heterocycles. The molecule has 106 valence electrons. The van der Waals surface area contributed by atoms with Crippen LogP contribution in [0.5, 0.6) is 11.5 Å². The van der Waals surface area contributed by atoms with Crippen molar-refractivity contribution < 1.29 is 14.9 Å². The van der Waals surface area contributed by atoms with Crippen LogP contribution in [0.1, 0.15) is 31.7 Å². The molecule has 1 fully saturated rings. The fraction of sp³-hybridized carbons (Fsp3) is 0.600. The number of ether oxygens (including phenoxy) is 1. The third-order valence-electron chi connectivity index (χ3n) is 3.47. The van der Waals surface area contributed by atoms with Crippen molar-refractivity contribution in [3.63, 3.8) is 0 Å². The summed E-state index contributed by atoms with van der Waals surface area (Å²) in [5.74, 6) is -0.111. The van der Waals surface area contributed by atoms with E-state index < -0.39 is 0 Å². The highest BCUT2D eigenvalue weighted by atomic mass is 16.5. The fourth-order valence-electron chi connectivity index (χ4n) is 2.50. The molecule has 0 unspecified atom stereocenters. The van der Waals surface area contributed by atoms with E-state index in [0.717, 1.165) is 51.1 Å². The van der Waals surface area contributed by atoms with Crippen molar-refractivity contribution in [2.24, 2.45) is 0 Å². The first kappa shape index (κ1) is 14.2. The maximum Gasteiger partial charge on any atom is 0.157 e. The Kier molecular flexibility index (Phi) is 5.05. The quantitative estimate of drug-likeness (QED) is 0.803. The topological polar surface area (TPSA) is 52.9 Å². The highest BCUT2D eigenvalue weighted by Crippen LogP contribution is 2.26. The van der Waals surface area contributed by atoms with Crippen molar-refractivity contribution in [2.45, 2.75) is 38.8 Å². The van der Waals surface area contributed by atoms with E-state index in [-0.39, 0.29) is 11.5 Å². The second-order valence-electron chi connectivity index (χ2n) is 5.19. The average molecular weight is 265 g/mol. The van der Waals surface area contributed by atoms with E-state index in [1.807, 2.05) is 6.07 Å². The van der Waals surface area contributed by atoms with Crippen LogP contribution in [0.3, 0.4) is 0 Å². The molecule has 0 aromatic heterocycles. The lowest BCUT2D eigenvalue weighted by Crippen LogP contribution is -2.39. The molecule has 1 aliphatic rings. The van der Waals surface area contributed by atoms with Crippen LogP contribution in [0, 0.1) is 0 Å². The highest BCUT2D eigenvalue weighted by molar-refractivity contribution is 5.40. The molecule has 0 radical (unpaired) electrons. The lowest BCUT2D eigenvalue weighted by molar-refractivity contribution is -0.00224. The van der Waals surface area contributed by atoms with Crippen LogP contribution < -0.4 is 0 Å². The van der Waals surface area contributed by atoms with Gasteiger partial charge < -0.3 is 14.9 Å². The van der Waals surface area contributed by atoms with E-state index in [9.17, 15) is 10.2 Å². The monoisotopic (exact) mass is 265 g/mol. The average Bonchev–Trinajstić information content (AvgIpc) is 2.41. The minimum atomic E-state index is -0.0634. The van der Waals surface area contributed by atoms with Gasteiger partial charge in [0.1, 0.15) is 0 Å². The Balaban J connectivity index is 1.89. The van der Waals surface area contributed by atoms with Gasteiger partial charge >= 0.3 is 0 Å². The van der Waals surface area contributed by atoms with Crippen LogP contribution in [-0.2, 0) is 11.3 Å². The highest BCUT2D eigenvalue weighted by Gasteiger charge is 2.20. The van der Waals surface area contributed by atoms with Crippen molar-refractivity contribution in [3.8, 4) is 11.5 Å². The van der Waals surface area contributed by atoms with Gasteiger partial charge in [0.2, 0.25) is 0 Å². The summed E-state index contributed by atoms with van der Waals surface area (Å²) in [6.07, 6.45) is 3.68. The minimum absolute atomic E-state index is 0.0479. The number of piperidine rings is 1. The summed E-state index contributed by atoms with van der Waals surface area (Å²) < 4.78 is 5.81. The van der Waals surface area contributed by atoms with Gasteiger partial charge in [-0.2, -0.15) is 0 Å². The number of phenols is 2. The maximum atomic E-state index is 9.50. The van der Waals surface area contributed by atoms with E-state index in [2.05, 4.69) is 11.8 Å². The van der Waals surface area contributed by atoms with Crippen LogP contribution in [0.4, 0.5) is 0 Å². The summed E-state index contributed by atoms with van der Waals surface area (Å²) >= 11 is 0. The van der Waals surface area contributed by atoms with Crippen LogP contribution >= 0.6 is 0 Å². The number of hydrogen-bond donors (Lipinski definition) is 2. The Morgan fingerprint density at radius 1 is 1.32 bits per heavy atom. The van der Waals surface area contributed by atoms with Gasteiger partial charge in [-0.05, 0) is 43.5 Å². The Morgan fingerprint density at radius 2 is 2.16 bits per heavy atom. The van der Waals surface area contributed by atoms with Gasteiger partial charge in [-0.25, -0.2) is 0 Å². The van der Waals surface area contributed by atoms with Gasteiger partial charge in [-0.3, -0.25) is 4.90 Å². The van der Waals surface area contributed by atoms with E-state index in [0.29, 0.717) is 6.10 Å². The molecule has 19 heavy (non-hydrogen) atoms. The molecule has 2 N–H and O–H groups in total. The molecule has 1 aliphatic heterocycles. The third-order valence-corrected chi connectivity index (χ3v) is 3.47. The van der Waals surface area contributed by atoms with Gasteiger partial charge in [-0.1, -0.05) is 13.0 Å². The predicted octanol–water partition coefficient (Wildman–Crippen LogP) is 2.49. The predicted molar refractivity (Wildman–Crippen MR) is 74.3 cm³/mol. The molecular weight excluding hydrogens is 242 g/mol. The van der Waals surface area contributed by atoms with Crippen LogP contribution in [-0.4, -0.2) is 40.9 Å². The number of likely N-dealkylation sites (tertiary alicyclic amines) is 1. The summed E-state index contributed by atoms with van der Waals surface area (Å²) in [4.78, 5) is 2.34. The largest absolute Gasteiger partial charge is 0.504 e. The molecule has 2 rings (SSSR count). The SMILES string of the molecule is CCCO[C@H]1CCCN(Cc2ccc(O)c(O)c2)C1. The van der Waals surface area contributed by atoms with E-state index >= 15 is 0 Å². The fourth-order valence-corrected chi connectivity index (χ4v) is 2.50. The molecule has 1 saturated heterocycles. The van der Waals surface area contributed by atoms with Crippen molar-refractivity contribution in [1.29, 1.82) is 0 Å². The van der Waals surface area contributed by atoms with Crippen molar-refractivity contribution >= 4 is 0 Å². The Bertz CT molecular complexity index is 408. The molecule has 4 nitrogen and oxygen atoms in total. The summed E-state index contributed by atoms with van der Waals surface area (Å²) in [6, 6.07) is 5.02. The van der Waals surface area contributed by atoms with E-state index in [1.165, 1.54) is 0 Å².